The molecule has 1 N–H and O–H groups in total. The third-order valence-electron chi connectivity index (χ3n) is 2.69. The zero-order valence-corrected chi connectivity index (χ0v) is 9.80. The highest BCUT2D eigenvalue weighted by Crippen LogP contribution is 2.27. The molecule has 3 heteroatoms. The van der Waals surface area contributed by atoms with E-state index in [1.54, 1.807) is 6.07 Å². The Morgan fingerprint density at radius 1 is 1.38 bits per heavy atom. The van der Waals surface area contributed by atoms with Crippen molar-refractivity contribution in [2.24, 2.45) is 0 Å². The number of aryl methyl sites for hydroxylation is 1. The number of hydrogen-bond acceptors (Lipinski definition) is 2. The van der Waals surface area contributed by atoms with Crippen LogP contribution in [0.4, 0.5) is 4.39 Å². The summed E-state index contributed by atoms with van der Waals surface area (Å²) in [6, 6.07) is 5.40. The van der Waals surface area contributed by atoms with E-state index < -0.39 is 0 Å². The molecule has 0 saturated carbocycles. The van der Waals surface area contributed by atoms with Crippen LogP contribution in [0, 0.1) is 12.7 Å². The van der Waals surface area contributed by atoms with E-state index in [1.807, 2.05) is 13.0 Å². The summed E-state index contributed by atoms with van der Waals surface area (Å²) in [5.41, 5.74) is 1.38. The molecule has 0 spiro atoms. The van der Waals surface area contributed by atoms with E-state index in [0.717, 1.165) is 16.7 Å². The van der Waals surface area contributed by atoms with Gasteiger partial charge in [-0.25, -0.2) is 4.39 Å². The van der Waals surface area contributed by atoms with E-state index >= 15 is 0 Å². The fraction of sp³-hybridized carbons (Fsp3) is 0.385. The minimum atomic E-state index is -0.295. The van der Waals surface area contributed by atoms with Crippen LogP contribution in [0.2, 0.25) is 0 Å². The van der Waals surface area contributed by atoms with Crippen molar-refractivity contribution in [3.8, 4) is 0 Å². The molecule has 0 aliphatic heterocycles. The number of hydrogen-bond donors (Lipinski definition) is 1. The van der Waals surface area contributed by atoms with Crippen molar-refractivity contribution >= 4 is 11.0 Å². The van der Waals surface area contributed by atoms with Gasteiger partial charge in [0.05, 0.1) is 6.54 Å². The van der Waals surface area contributed by atoms with Crippen LogP contribution in [0.1, 0.15) is 25.2 Å². The summed E-state index contributed by atoms with van der Waals surface area (Å²) < 4.78 is 19.0. The SMILES string of the molecule is Cc1c(CNC(C)C)oc2c(F)cccc12. The van der Waals surface area contributed by atoms with Gasteiger partial charge >= 0.3 is 0 Å². The molecule has 1 aromatic heterocycles. The molecule has 0 aliphatic carbocycles. The lowest BCUT2D eigenvalue weighted by Gasteiger charge is -2.05. The molecule has 0 saturated heterocycles. The van der Waals surface area contributed by atoms with Gasteiger partial charge in [-0.05, 0) is 18.6 Å². The van der Waals surface area contributed by atoms with Crippen LogP contribution in [0.3, 0.4) is 0 Å². The van der Waals surface area contributed by atoms with E-state index in [-0.39, 0.29) is 5.82 Å². The molecule has 16 heavy (non-hydrogen) atoms. The van der Waals surface area contributed by atoms with E-state index in [4.69, 9.17) is 4.42 Å². The maximum Gasteiger partial charge on any atom is 0.170 e. The second-order valence-electron chi connectivity index (χ2n) is 4.30. The maximum atomic E-state index is 13.5. The summed E-state index contributed by atoms with van der Waals surface area (Å²) >= 11 is 0. The number of halogens is 1. The van der Waals surface area contributed by atoms with Gasteiger partial charge in [0.2, 0.25) is 0 Å². The highest BCUT2D eigenvalue weighted by Gasteiger charge is 2.13. The Kier molecular flexibility index (Phi) is 2.97. The topological polar surface area (TPSA) is 25.2 Å². The zero-order valence-electron chi connectivity index (χ0n) is 9.80. The van der Waals surface area contributed by atoms with Gasteiger partial charge < -0.3 is 9.73 Å². The minimum absolute atomic E-state index is 0.295. The minimum Gasteiger partial charge on any atom is -0.456 e. The molecule has 1 heterocycles. The molecule has 86 valence electrons. The normalized spacial score (nSPS) is 11.6. The average Bonchev–Trinajstić information content (AvgIpc) is 2.55. The summed E-state index contributed by atoms with van der Waals surface area (Å²) in [4.78, 5) is 0. The molecule has 2 nitrogen and oxygen atoms in total. The van der Waals surface area contributed by atoms with Gasteiger partial charge in [-0.15, -0.1) is 0 Å². The first-order valence-electron chi connectivity index (χ1n) is 5.49. The molecule has 0 bridgehead atoms. The lowest BCUT2D eigenvalue weighted by atomic mass is 10.1. The molecular formula is C13H16FNO. The van der Waals surface area contributed by atoms with Crippen molar-refractivity contribution in [3.63, 3.8) is 0 Å². The summed E-state index contributed by atoms with van der Waals surface area (Å²) in [6.45, 7) is 6.73. The lowest BCUT2D eigenvalue weighted by molar-refractivity contribution is 0.473. The van der Waals surface area contributed by atoms with Gasteiger partial charge in [-0.3, -0.25) is 0 Å². The predicted molar refractivity (Wildman–Crippen MR) is 62.9 cm³/mol. The molecule has 0 radical (unpaired) electrons. The summed E-state index contributed by atoms with van der Waals surface area (Å²) in [5, 5.41) is 4.13. The van der Waals surface area contributed by atoms with Crippen molar-refractivity contribution in [2.45, 2.75) is 33.4 Å². The van der Waals surface area contributed by atoms with Crippen LogP contribution in [0.5, 0.6) is 0 Å². The van der Waals surface area contributed by atoms with E-state index in [1.165, 1.54) is 6.07 Å². The van der Waals surface area contributed by atoms with Gasteiger partial charge in [0.1, 0.15) is 5.76 Å². The Morgan fingerprint density at radius 2 is 2.12 bits per heavy atom. The van der Waals surface area contributed by atoms with E-state index in [2.05, 4.69) is 19.2 Å². The Hall–Kier alpha value is -1.35. The van der Waals surface area contributed by atoms with Gasteiger partial charge in [0.15, 0.2) is 11.4 Å². The Balaban J connectivity index is 2.40. The first kappa shape index (κ1) is 11.1. The first-order valence-corrected chi connectivity index (χ1v) is 5.49. The van der Waals surface area contributed by atoms with E-state index in [9.17, 15) is 4.39 Å². The molecule has 1 aromatic carbocycles. The van der Waals surface area contributed by atoms with Gasteiger partial charge in [-0.1, -0.05) is 26.0 Å². The van der Waals surface area contributed by atoms with Crippen LogP contribution < -0.4 is 5.32 Å². The molecule has 2 rings (SSSR count). The Labute approximate surface area is 94.4 Å². The fourth-order valence-electron chi connectivity index (χ4n) is 1.72. The summed E-state index contributed by atoms with van der Waals surface area (Å²) in [5.74, 6) is 0.519. The largest absolute Gasteiger partial charge is 0.456 e. The van der Waals surface area contributed by atoms with Crippen LogP contribution in [-0.2, 0) is 6.54 Å². The summed E-state index contributed by atoms with van der Waals surface area (Å²) in [6.07, 6.45) is 0. The van der Waals surface area contributed by atoms with Crippen LogP contribution in [0.15, 0.2) is 22.6 Å². The van der Waals surface area contributed by atoms with Gasteiger partial charge in [0, 0.05) is 11.4 Å². The number of para-hydroxylation sites is 1. The highest BCUT2D eigenvalue weighted by atomic mass is 19.1. The van der Waals surface area contributed by atoms with E-state index in [0.29, 0.717) is 18.2 Å². The monoisotopic (exact) mass is 221 g/mol. The average molecular weight is 221 g/mol. The number of nitrogens with one attached hydrogen (secondary N) is 1. The van der Waals surface area contributed by atoms with Crippen LogP contribution >= 0.6 is 0 Å². The molecule has 0 unspecified atom stereocenters. The zero-order chi connectivity index (χ0) is 11.7. The number of furan rings is 1. The standard InChI is InChI=1S/C13H16FNO/c1-8(2)15-7-12-9(3)10-5-4-6-11(14)13(10)16-12/h4-6,8,15H,7H2,1-3H3. The molecule has 2 aromatic rings. The van der Waals surface area contributed by atoms with Crippen molar-refractivity contribution in [1.29, 1.82) is 0 Å². The molecule has 0 amide bonds. The summed E-state index contributed by atoms with van der Waals surface area (Å²) in [7, 11) is 0. The first-order chi connectivity index (χ1) is 7.59. The molecule has 0 fully saturated rings. The number of fused-ring (bicyclic) bond motifs is 1. The van der Waals surface area contributed by atoms with Gasteiger partial charge in [0.25, 0.3) is 0 Å². The van der Waals surface area contributed by atoms with Crippen LogP contribution in [-0.4, -0.2) is 6.04 Å². The second kappa shape index (κ2) is 4.26. The predicted octanol–water partition coefficient (Wildman–Crippen LogP) is 3.38. The van der Waals surface area contributed by atoms with Crippen molar-refractivity contribution in [2.75, 3.05) is 0 Å². The highest BCUT2D eigenvalue weighted by molar-refractivity contribution is 5.82. The molecule has 0 atom stereocenters. The van der Waals surface area contributed by atoms with Crippen molar-refractivity contribution in [1.82, 2.24) is 5.32 Å². The number of benzene rings is 1. The van der Waals surface area contributed by atoms with Crippen molar-refractivity contribution < 1.29 is 8.81 Å². The Morgan fingerprint density at radius 3 is 2.75 bits per heavy atom. The quantitative estimate of drug-likeness (QED) is 0.859. The lowest BCUT2D eigenvalue weighted by Crippen LogP contribution is -2.21. The van der Waals surface area contributed by atoms with Crippen LogP contribution in [0.25, 0.3) is 11.0 Å². The third kappa shape index (κ3) is 1.95. The second-order valence-corrected chi connectivity index (χ2v) is 4.30. The third-order valence-corrected chi connectivity index (χ3v) is 2.69. The number of rotatable bonds is 3. The Bertz CT molecular complexity index is 502. The maximum absolute atomic E-state index is 13.5. The fourth-order valence-corrected chi connectivity index (χ4v) is 1.72. The smallest absolute Gasteiger partial charge is 0.170 e. The van der Waals surface area contributed by atoms with Crippen molar-refractivity contribution in [3.05, 3.63) is 35.3 Å². The molecular weight excluding hydrogens is 205 g/mol. The molecule has 0 aliphatic rings. The van der Waals surface area contributed by atoms with Gasteiger partial charge in [-0.2, -0.15) is 0 Å².